The van der Waals surface area contributed by atoms with Crippen molar-refractivity contribution in [3.8, 4) is 5.75 Å². The van der Waals surface area contributed by atoms with Crippen LogP contribution in [-0.2, 0) is 0 Å². The van der Waals surface area contributed by atoms with E-state index in [1.54, 1.807) is 18.5 Å². The molecule has 22 heavy (non-hydrogen) atoms. The van der Waals surface area contributed by atoms with Gasteiger partial charge in [0.25, 0.3) is 5.56 Å². The zero-order chi connectivity index (χ0) is 15.7. The molecule has 1 aliphatic heterocycles. The first-order valence-electron chi connectivity index (χ1n) is 6.99. The predicted molar refractivity (Wildman–Crippen MR) is 88.9 cm³/mol. The van der Waals surface area contributed by atoms with E-state index in [0.717, 1.165) is 28.9 Å². The predicted octanol–water partition coefficient (Wildman–Crippen LogP) is 2.28. The monoisotopic (exact) mass is 364 g/mol. The lowest BCUT2D eigenvalue weighted by Crippen LogP contribution is -2.51. The largest absolute Gasteiger partial charge is 0.486 e. The fraction of sp³-hybridized carbons (Fsp3) is 0.333. The maximum absolute atomic E-state index is 11.9. The third-order valence-electron chi connectivity index (χ3n) is 3.61. The number of aromatic amines is 1. The molecule has 1 fully saturated rings. The van der Waals surface area contributed by atoms with Gasteiger partial charge in [0.05, 0.1) is 6.20 Å². The van der Waals surface area contributed by atoms with Crippen LogP contribution in [0.25, 0.3) is 0 Å². The van der Waals surface area contributed by atoms with Crippen molar-refractivity contribution in [2.75, 3.05) is 25.5 Å². The summed E-state index contributed by atoms with van der Waals surface area (Å²) in [5.74, 6) is 1.34. The summed E-state index contributed by atoms with van der Waals surface area (Å²) in [6.07, 6.45) is 3.53. The van der Waals surface area contributed by atoms with Crippen LogP contribution in [0.1, 0.15) is 5.56 Å². The standard InChI is InChI=1S/C15H17BrN4O2/c1-9-12(16)6-18-15(21)14(9)19-13-4-3-10(5-17-13)22-11-7-20(2)8-11/h3-6,11H,7-8H2,1-2H3,(H,17,19)(H,18,21). The highest BCUT2D eigenvalue weighted by atomic mass is 79.9. The lowest BCUT2D eigenvalue weighted by Gasteiger charge is -2.35. The van der Waals surface area contributed by atoms with E-state index in [9.17, 15) is 4.79 Å². The van der Waals surface area contributed by atoms with Gasteiger partial charge in [0.1, 0.15) is 23.4 Å². The Morgan fingerprint density at radius 1 is 1.45 bits per heavy atom. The van der Waals surface area contributed by atoms with Crippen molar-refractivity contribution in [1.82, 2.24) is 14.9 Å². The molecule has 1 saturated heterocycles. The molecule has 0 atom stereocenters. The molecule has 7 heteroatoms. The van der Waals surface area contributed by atoms with Crippen molar-refractivity contribution in [2.45, 2.75) is 13.0 Å². The summed E-state index contributed by atoms with van der Waals surface area (Å²) in [7, 11) is 2.06. The van der Waals surface area contributed by atoms with Gasteiger partial charge in [0.15, 0.2) is 0 Å². The summed E-state index contributed by atoms with van der Waals surface area (Å²) in [6, 6.07) is 3.66. The van der Waals surface area contributed by atoms with Gasteiger partial charge in [-0.15, -0.1) is 0 Å². The Morgan fingerprint density at radius 3 is 2.86 bits per heavy atom. The van der Waals surface area contributed by atoms with Crippen molar-refractivity contribution in [2.24, 2.45) is 0 Å². The van der Waals surface area contributed by atoms with Crippen LogP contribution in [0.15, 0.2) is 33.8 Å². The smallest absolute Gasteiger partial charge is 0.272 e. The molecule has 0 saturated carbocycles. The summed E-state index contributed by atoms with van der Waals surface area (Å²) >= 11 is 3.40. The molecular weight excluding hydrogens is 348 g/mol. The van der Waals surface area contributed by atoms with Gasteiger partial charge in [-0.25, -0.2) is 4.98 Å². The molecule has 1 aliphatic rings. The number of likely N-dealkylation sites (N-methyl/N-ethyl adjacent to an activating group) is 1. The first-order chi connectivity index (χ1) is 10.5. The van der Waals surface area contributed by atoms with Gasteiger partial charge >= 0.3 is 0 Å². The van der Waals surface area contributed by atoms with Crippen LogP contribution < -0.4 is 15.6 Å². The number of likely N-dealkylation sites (tertiary alicyclic amines) is 1. The lowest BCUT2D eigenvalue weighted by molar-refractivity contribution is 0.0386. The summed E-state index contributed by atoms with van der Waals surface area (Å²) in [5, 5.41) is 3.05. The molecule has 116 valence electrons. The quantitative estimate of drug-likeness (QED) is 0.870. The molecule has 2 aromatic rings. The van der Waals surface area contributed by atoms with Gasteiger partial charge in [-0.05, 0) is 47.6 Å². The van der Waals surface area contributed by atoms with Crippen LogP contribution in [0.3, 0.4) is 0 Å². The maximum Gasteiger partial charge on any atom is 0.272 e. The first kappa shape index (κ1) is 15.1. The highest BCUT2D eigenvalue weighted by Gasteiger charge is 2.24. The Labute approximate surface area is 136 Å². The second-order valence-electron chi connectivity index (χ2n) is 5.43. The van der Waals surface area contributed by atoms with Gasteiger partial charge in [-0.3, -0.25) is 9.69 Å². The van der Waals surface area contributed by atoms with Crippen molar-refractivity contribution >= 4 is 27.4 Å². The van der Waals surface area contributed by atoms with Crippen molar-refractivity contribution in [3.63, 3.8) is 0 Å². The van der Waals surface area contributed by atoms with Crippen LogP contribution in [0.2, 0.25) is 0 Å². The second kappa shape index (κ2) is 6.10. The maximum atomic E-state index is 11.9. The molecule has 2 aromatic heterocycles. The Kier molecular flexibility index (Phi) is 4.17. The van der Waals surface area contributed by atoms with Crippen LogP contribution >= 0.6 is 15.9 Å². The molecule has 3 rings (SSSR count). The van der Waals surface area contributed by atoms with E-state index < -0.39 is 0 Å². The van der Waals surface area contributed by atoms with Crippen molar-refractivity contribution < 1.29 is 4.74 Å². The van der Waals surface area contributed by atoms with E-state index in [0.29, 0.717) is 11.5 Å². The molecule has 0 radical (unpaired) electrons. The van der Waals surface area contributed by atoms with Crippen molar-refractivity contribution in [3.05, 3.63) is 44.9 Å². The third kappa shape index (κ3) is 3.15. The number of anilines is 2. The van der Waals surface area contributed by atoms with E-state index in [2.05, 4.69) is 43.2 Å². The summed E-state index contributed by atoms with van der Waals surface area (Å²) in [6.45, 7) is 3.74. The minimum Gasteiger partial charge on any atom is -0.486 e. The molecule has 2 N–H and O–H groups in total. The average Bonchev–Trinajstić information content (AvgIpc) is 2.48. The second-order valence-corrected chi connectivity index (χ2v) is 6.29. The SMILES string of the molecule is Cc1c(Br)c[nH]c(=O)c1Nc1ccc(OC2CN(C)C2)cn1. The van der Waals surface area contributed by atoms with Crippen molar-refractivity contribution in [1.29, 1.82) is 0 Å². The summed E-state index contributed by atoms with van der Waals surface area (Å²) in [4.78, 5) is 21.0. The van der Waals surface area contributed by atoms with E-state index in [4.69, 9.17) is 4.74 Å². The highest BCUT2D eigenvalue weighted by molar-refractivity contribution is 9.10. The first-order valence-corrected chi connectivity index (χ1v) is 7.78. The molecule has 0 spiro atoms. The highest BCUT2D eigenvalue weighted by Crippen LogP contribution is 2.23. The molecule has 0 amide bonds. The Bertz CT molecular complexity index is 723. The number of pyridine rings is 2. The average molecular weight is 365 g/mol. The minimum absolute atomic E-state index is 0.180. The Balaban J connectivity index is 1.71. The normalized spacial score (nSPS) is 15.4. The van der Waals surface area contributed by atoms with Gasteiger partial charge in [0, 0.05) is 23.8 Å². The van der Waals surface area contributed by atoms with E-state index in [1.807, 2.05) is 13.0 Å². The zero-order valence-electron chi connectivity index (χ0n) is 12.4. The molecule has 0 aliphatic carbocycles. The number of hydrogen-bond acceptors (Lipinski definition) is 5. The zero-order valence-corrected chi connectivity index (χ0v) is 14.0. The molecule has 0 bridgehead atoms. The topological polar surface area (TPSA) is 70.2 Å². The van der Waals surface area contributed by atoms with Gasteiger partial charge < -0.3 is 15.0 Å². The van der Waals surface area contributed by atoms with Gasteiger partial charge in [-0.1, -0.05) is 0 Å². The third-order valence-corrected chi connectivity index (χ3v) is 4.44. The Morgan fingerprint density at radius 2 is 2.23 bits per heavy atom. The summed E-state index contributed by atoms with van der Waals surface area (Å²) < 4.78 is 6.62. The van der Waals surface area contributed by atoms with Crippen LogP contribution in [-0.4, -0.2) is 41.1 Å². The van der Waals surface area contributed by atoms with Gasteiger partial charge in [0.2, 0.25) is 0 Å². The number of nitrogens with one attached hydrogen (secondary N) is 2. The number of H-pyrrole nitrogens is 1. The summed E-state index contributed by atoms with van der Waals surface area (Å²) in [5.41, 5.74) is 1.14. The number of aromatic nitrogens is 2. The lowest BCUT2D eigenvalue weighted by atomic mass is 10.2. The minimum atomic E-state index is -0.180. The van der Waals surface area contributed by atoms with E-state index in [-0.39, 0.29) is 11.7 Å². The number of halogens is 1. The molecule has 6 nitrogen and oxygen atoms in total. The number of rotatable bonds is 4. The van der Waals surface area contributed by atoms with Gasteiger partial charge in [-0.2, -0.15) is 0 Å². The fourth-order valence-corrected chi connectivity index (χ4v) is 2.62. The van der Waals surface area contributed by atoms with Crippen LogP contribution in [0, 0.1) is 6.92 Å². The Hall–Kier alpha value is -1.86. The fourth-order valence-electron chi connectivity index (χ4n) is 2.31. The van der Waals surface area contributed by atoms with Crippen LogP contribution in [0.4, 0.5) is 11.5 Å². The van der Waals surface area contributed by atoms with Crippen LogP contribution in [0.5, 0.6) is 5.75 Å². The van der Waals surface area contributed by atoms with E-state index in [1.165, 1.54) is 0 Å². The number of ether oxygens (including phenoxy) is 1. The number of nitrogens with zero attached hydrogens (tertiary/aromatic N) is 2. The number of hydrogen-bond donors (Lipinski definition) is 2. The molecule has 0 unspecified atom stereocenters. The van der Waals surface area contributed by atoms with E-state index >= 15 is 0 Å². The molecular formula is C15H17BrN4O2. The molecule has 0 aromatic carbocycles. The molecule has 3 heterocycles.